The molecular formula is C16H25NO4. The molecule has 0 aromatic heterocycles. The van der Waals surface area contributed by atoms with Gasteiger partial charge in [-0.05, 0) is 37.2 Å². The highest BCUT2D eigenvalue weighted by atomic mass is 16.3. The molecule has 1 aliphatic carbocycles. The Morgan fingerprint density at radius 1 is 1.00 bits per heavy atom. The van der Waals surface area contributed by atoms with Crippen molar-refractivity contribution in [3.63, 3.8) is 0 Å². The van der Waals surface area contributed by atoms with E-state index in [9.17, 15) is 20.4 Å². The summed E-state index contributed by atoms with van der Waals surface area (Å²) < 4.78 is 0. The number of phenols is 3. The van der Waals surface area contributed by atoms with Gasteiger partial charge in [-0.15, -0.1) is 0 Å². The zero-order chi connectivity index (χ0) is 15.7. The topological polar surface area (TPSA) is 93.0 Å². The van der Waals surface area contributed by atoms with Gasteiger partial charge in [-0.3, -0.25) is 0 Å². The molecular weight excluding hydrogens is 270 g/mol. The van der Waals surface area contributed by atoms with Crippen LogP contribution in [0.5, 0.6) is 17.2 Å². The summed E-state index contributed by atoms with van der Waals surface area (Å²) in [5.41, 5.74) is 0.0854. The largest absolute Gasteiger partial charge is 0.504 e. The van der Waals surface area contributed by atoms with E-state index in [1.54, 1.807) is 6.07 Å². The van der Waals surface area contributed by atoms with Crippen LogP contribution in [0.2, 0.25) is 0 Å². The van der Waals surface area contributed by atoms with Crippen molar-refractivity contribution < 1.29 is 20.4 Å². The SMILES string of the molecule is CC1(C)CCC(O)(CNCc2ccc(O)c(O)c2O)CC1. The molecule has 2 rings (SSSR count). The van der Waals surface area contributed by atoms with Crippen LogP contribution >= 0.6 is 0 Å². The lowest BCUT2D eigenvalue weighted by Gasteiger charge is -2.40. The average Bonchev–Trinajstić information content (AvgIpc) is 2.43. The van der Waals surface area contributed by atoms with Gasteiger partial charge in [0.15, 0.2) is 11.5 Å². The second-order valence-electron chi connectivity index (χ2n) is 6.93. The van der Waals surface area contributed by atoms with Crippen LogP contribution in [0.15, 0.2) is 12.1 Å². The van der Waals surface area contributed by atoms with Crippen molar-refractivity contribution in [2.45, 2.75) is 51.7 Å². The van der Waals surface area contributed by atoms with Gasteiger partial charge in [-0.1, -0.05) is 19.9 Å². The van der Waals surface area contributed by atoms with E-state index in [4.69, 9.17) is 0 Å². The summed E-state index contributed by atoms with van der Waals surface area (Å²) in [6, 6.07) is 2.88. The third-order valence-electron chi connectivity index (χ3n) is 4.52. The third-order valence-corrected chi connectivity index (χ3v) is 4.52. The van der Waals surface area contributed by atoms with Crippen molar-refractivity contribution >= 4 is 0 Å². The normalized spacial score (nSPS) is 20.3. The first-order valence-electron chi connectivity index (χ1n) is 7.38. The summed E-state index contributed by atoms with van der Waals surface area (Å²) in [7, 11) is 0. The molecule has 0 saturated heterocycles. The second kappa shape index (κ2) is 5.73. The first-order valence-corrected chi connectivity index (χ1v) is 7.38. The van der Waals surface area contributed by atoms with Gasteiger partial charge in [-0.2, -0.15) is 0 Å². The highest BCUT2D eigenvalue weighted by molar-refractivity contribution is 5.52. The van der Waals surface area contributed by atoms with Gasteiger partial charge in [0.2, 0.25) is 5.75 Å². The van der Waals surface area contributed by atoms with Gasteiger partial charge in [0, 0.05) is 18.7 Å². The van der Waals surface area contributed by atoms with E-state index in [-0.39, 0.29) is 11.5 Å². The molecule has 1 aromatic rings. The Bertz CT molecular complexity index is 503. The number of aromatic hydroxyl groups is 3. The smallest absolute Gasteiger partial charge is 0.200 e. The fourth-order valence-corrected chi connectivity index (χ4v) is 2.75. The molecule has 0 bridgehead atoms. The van der Waals surface area contributed by atoms with E-state index in [1.807, 2.05) is 0 Å². The molecule has 0 spiro atoms. The number of hydrogen-bond acceptors (Lipinski definition) is 5. The molecule has 21 heavy (non-hydrogen) atoms. The molecule has 0 radical (unpaired) electrons. The Morgan fingerprint density at radius 3 is 2.24 bits per heavy atom. The van der Waals surface area contributed by atoms with E-state index in [0.29, 0.717) is 24.1 Å². The van der Waals surface area contributed by atoms with E-state index in [0.717, 1.165) is 25.7 Å². The fourth-order valence-electron chi connectivity index (χ4n) is 2.75. The van der Waals surface area contributed by atoms with Crippen molar-refractivity contribution in [3.05, 3.63) is 17.7 Å². The minimum absolute atomic E-state index is 0.299. The van der Waals surface area contributed by atoms with Crippen LogP contribution in [0, 0.1) is 5.41 Å². The maximum absolute atomic E-state index is 10.5. The molecule has 1 aromatic carbocycles. The summed E-state index contributed by atoms with van der Waals surface area (Å²) in [6.07, 6.45) is 3.52. The predicted molar refractivity (Wildman–Crippen MR) is 80.3 cm³/mol. The Hall–Kier alpha value is -1.46. The third kappa shape index (κ3) is 3.80. The van der Waals surface area contributed by atoms with Crippen molar-refractivity contribution in [3.8, 4) is 17.2 Å². The standard InChI is InChI=1S/C16H25NO4/c1-15(2)5-7-16(21,8-6-15)10-17-9-11-3-4-12(18)14(20)13(11)19/h3-4,17-21H,5-10H2,1-2H3. The lowest BCUT2D eigenvalue weighted by Crippen LogP contribution is -2.44. The zero-order valence-electron chi connectivity index (χ0n) is 12.7. The number of rotatable bonds is 4. The van der Waals surface area contributed by atoms with Gasteiger partial charge in [-0.25, -0.2) is 0 Å². The quantitative estimate of drug-likeness (QED) is 0.549. The molecule has 1 fully saturated rings. The Kier molecular flexibility index (Phi) is 4.35. The molecule has 5 heteroatoms. The molecule has 5 nitrogen and oxygen atoms in total. The Labute approximate surface area is 125 Å². The summed E-state index contributed by atoms with van der Waals surface area (Å²) in [6.45, 7) is 5.21. The molecule has 5 N–H and O–H groups in total. The van der Waals surface area contributed by atoms with Gasteiger partial charge >= 0.3 is 0 Å². The van der Waals surface area contributed by atoms with Crippen LogP contribution in [-0.2, 0) is 6.54 Å². The predicted octanol–water partition coefficient (Wildman–Crippen LogP) is 2.22. The second-order valence-corrected chi connectivity index (χ2v) is 6.93. The van der Waals surface area contributed by atoms with Crippen LogP contribution < -0.4 is 5.32 Å². The van der Waals surface area contributed by atoms with Crippen LogP contribution in [0.4, 0.5) is 0 Å². The minimum Gasteiger partial charge on any atom is -0.504 e. The average molecular weight is 295 g/mol. The van der Waals surface area contributed by atoms with E-state index in [1.165, 1.54) is 6.07 Å². The maximum Gasteiger partial charge on any atom is 0.200 e. The van der Waals surface area contributed by atoms with Gasteiger partial charge < -0.3 is 25.7 Å². The summed E-state index contributed by atoms with van der Waals surface area (Å²) in [4.78, 5) is 0. The molecule has 1 aliphatic rings. The fraction of sp³-hybridized carbons (Fsp3) is 0.625. The number of hydrogen-bond donors (Lipinski definition) is 5. The van der Waals surface area contributed by atoms with E-state index >= 15 is 0 Å². The van der Waals surface area contributed by atoms with Crippen molar-refractivity contribution in [2.24, 2.45) is 5.41 Å². The lowest BCUT2D eigenvalue weighted by molar-refractivity contribution is -0.0245. The molecule has 0 unspecified atom stereocenters. The van der Waals surface area contributed by atoms with Crippen LogP contribution in [0.1, 0.15) is 45.1 Å². The van der Waals surface area contributed by atoms with Crippen molar-refractivity contribution in [1.29, 1.82) is 0 Å². The summed E-state index contributed by atoms with van der Waals surface area (Å²) in [5.74, 6) is -1.17. The Balaban J connectivity index is 1.89. The maximum atomic E-state index is 10.5. The molecule has 1 saturated carbocycles. The number of aliphatic hydroxyl groups is 1. The highest BCUT2D eigenvalue weighted by Gasteiger charge is 2.36. The van der Waals surface area contributed by atoms with Crippen molar-refractivity contribution in [1.82, 2.24) is 5.32 Å². The number of phenolic OH excluding ortho intramolecular Hbond substituents is 3. The van der Waals surface area contributed by atoms with Crippen LogP contribution in [0.25, 0.3) is 0 Å². The molecule has 0 atom stereocenters. The first-order chi connectivity index (χ1) is 9.72. The lowest BCUT2D eigenvalue weighted by atomic mass is 9.71. The highest BCUT2D eigenvalue weighted by Crippen LogP contribution is 2.40. The van der Waals surface area contributed by atoms with Gasteiger partial charge in [0.25, 0.3) is 0 Å². The number of nitrogens with one attached hydrogen (secondary N) is 1. The molecule has 0 aliphatic heterocycles. The van der Waals surface area contributed by atoms with Crippen LogP contribution in [0.3, 0.4) is 0 Å². The summed E-state index contributed by atoms with van der Waals surface area (Å²) in [5, 5.41) is 42.1. The minimum atomic E-state index is -0.704. The zero-order valence-corrected chi connectivity index (χ0v) is 12.7. The van der Waals surface area contributed by atoms with E-state index in [2.05, 4.69) is 19.2 Å². The van der Waals surface area contributed by atoms with Gasteiger partial charge in [0.05, 0.1) is 5.60 Å². The first kappa shape index (κ1) is 15.9. The summed E-state index contributed by atoms with van der Waals surface area (Å²) >= 11 is 0. The van der Waals surface area contributed by atoms with Gasteiger partial charge in [0.1, 0.15) is 0 Å². The van der Waals surface area contributed by atoms with Crippen LogP contribution in [-0.4, -0.2) is 32.6 Å². The number of benzene rings is 1. The molecule has 118 valence electrons. The van der Waals surface area contributed by atoms with Crippen molar-refractivity contribution in [2.75, 3.05) is 6.54 Å². The molecule has 0 amide bonds. The monoisotopic (exact) mass is 295 g/mol. The van der Waals surface area contributed by atoms with E-state index < -0.39 is 11.4 Å². The molecule has 0 heterocycles. The Morgan fingerprint density at radius 2 is 1.62 bits per heavy atom.